The van der Waals surface area contributed by atoms with Gasteiger partial charge in [0, 0.05) is 0 Å². The first-order chi connectivity index (χ1) is 9.26. The lowest BCUT2D eigenvalue weighted by Crippen LogP contribution is -2.20. The van der Waals surface area contributed by atoms with Crippen molar-refractivity contribution in [3.8, 4) is 0 Å². The van der Waals surface area contributed by atoms with E-state index in [-0.39, 0.29) is 25.1 Å². The fourth-order valence-corrected chi connectivity index (χ4v) is 1.63. The molecule has 0 aliphatic rings. The Hall–Kier alpha value is -0.680. The number of alkyl halides is 1. The van der Waals surface area contributed by atoms with Crippen molar-refractivity contribution >= 4 is 5.97 Å². The van der Waals surface area contributed by atoms with E-state index in [1.54, 1.807) is 0 Å². The van der Waals surface area contributed by atoms with Crippen LogP contribution in [-0.4, -0.2) is 45.7 Å². The first kappa shape index (κ1) is 18.3. The molecule has 0 amide bonds. The van der Waals surface area contributed by atoms with Gasteiger partial charge in [-0.2, -0.15) is 0 Å². The van der Waals surface area contributed by atoms with E-state index in [2.05, 4.69) is 6.92 Å². The molecule has 1 unspecified atom stereocenters. The van der Waals surface area contributed by atoms with Crippen LogP contribution in [0.15, 0.2) is 0 Å². The van der Waals surface area contributed by atoms with E-state index in [0.717, 1.165) is 25.7 Å². The molecule has 0 aromatic rings. The Labute approximate surface area is 115 Å². The second-order valence-corrected chi connectivity index (χ2v) is 4.33. The zero-order valence-corrected chi connectivity index (χ0v) is 12.2. The summed E-state index contributed by atoms with van der Waals surface area (Å²) >= 11 is 0. The van der Waals surface area contributed by atoms with Gasteiger partial charge in [0.1, 0.15) is 13.3 Å². The van der Waals surface area contributed by atoms with Gasteiger partial charge < -0.3 is 14.2 Å². The van der Waals surface area contributed by atoms with E-state index >= 15 is 0 Å². The Bertz CT molecular complexity index is 212. The summed E-state index contributed by atoms with van der Waals surface area (Å²) in [5.41, 5.74) is 0. The molecule has 0 radical (unpaired) electrons. The number of hydrogen-bond donors (Lipinski definition) is 0. The van der Waals surface area contributed by atoms with Gasteiger partial charge in [-0.1, -0.05) is 26.7 Å². The van der Waals surface area contributed by atoms with Gasteiger partial charge in [0.25, 0.3) is 0 Å². The maximum absolute atomic E-state index is 11.7. The second kappa shape index (κ2) is 13.7. The van der Waals surface area contributed by atoms with Crippen LogP contribution in [0.4, 0.5) is 4.39 Å². The van der Waals surface area contributed by atoms with Gasteiger partial charge in [-0.25, -0.2) is 4.39 Å². The molecule has 0 saturated carbocycles. The summed E-state index contributed by atoms with van der Waals surface area (Å²) in [5, 5.41) is 0. The van der Waals surface area contributed by atoms with Crippen molar-refractivity contribution in [3.63, 3.8) is 0 Å². The molecular formula is C14H27FO4. The van der Waals surface area contributed by atoms with Crippen molar-refractivity contribution in [1.82, 2.24) is 0 Å². The topological polar surface area (TPSA) is 44.8 Å². The number of ether oxygens (including phenoxy) is 3. The lowest BCUT2D eigenvalue weighted by Gasteiger charge is -2.13. The molecule has 0 aliphatic heterocycles. The minimum absolute atomic E-state index is 0.00726. The highest BCUT2D eigenvalue weighted by Gasteiger charge is 2.16. The van der Waals surface area contributed by atoms with Crippen molar-refractivity contribution in [3.05, 3.63) is 0 Å². The second-order valence-electron chi connectivity index (χ2n) is 4.33. The highest BCUT2D eigenvalue weighted by atomic mass is 19.1. The van der Waals surface area contributed by atoms with E-state index in [0.29, 0.717) is 19.8 Å². The number of rotatable bonds is 13. The smallest absolute Gasteiger partial charge is 0.308 e. The summed E-state index contributed by atoms with van der Waals surface area (Å²) in [4.78, 5) is 11.7. The van der Waals surface area contributed by atoms with E-state index in [1.165, 1.54) is 0 Å². The molecule has 4 nitrogen and oxygen atoms in total. The van der Waals surface area contributed by atoms with Crippen LogP contribution in [-0.2, 0) is 19.0 Å². The third kappa shape index (κ3) is 10.9. The largest absolute Gasteiger partial charge is 0.463 e. The Kier molecular flexibility index (Phi) is 13.3. The zero-order valence-electron chi connectivity index (χ0n) is 12.2. The molecule has 0 aliphatic carbocycles. The molecule has 19 heavy (non-hydrogen) atoms. The van der Waals surface area contributed by atoms with Crippen LogP contribution in [0.5, 0.6) is 0 Å². The van der Waals surface area contributed by atoms with E-state index in [4.69, 9.17) is 14.2 Å². The quantitative estimate of drug-likeness (QED) is 0.384. The molecule has 0 aromatic carbocycles. The molecule has 0 saturated heterocycles. The maximum atomic E-state index is 11.7. The van der Waals surface area contributed by atoms with Gasteiger partial charge in [0.05, 0.1) is 32.3 Å². The summed E-state index contributed by atoms with van der Waals surface area (Å²) in [6, 6.07) is 0. The Morgan fingerprint density at radius 1 is 1.05 bits per heavy atom. The molecule has 114 valence electrons. The monoisotopic (exact) mass is 278 g/mol. The van der Waals surface area contributed by atoms with Crippen LogP contribution in [0.1, 0.15) is 39.5 Å². The predicted octanol–water partition coefficient (Wildman–Crippen LogP) is 2.75. The first-order valence-electron chi connectivity index (χ1n) is 7.14. The van der Waals surface area contributed by atoms with Gasteiger partial charge >= 0.3 is 5.97 Å². The lowest BCUT2D eigenvalue weighted by molar-refractivity contribution is -0.150. The van der Waals surface area contributed by atoms with Gasteiger partial charge in [0.15, 0.2) is 0 Å². The summed E-state index contributed by atoms with van der Waals surface area (Å²) < 4.78 is 26.9. The number of halogens is 1. The molecule has 0 heterocycles. The summed E-state index contributed by atoms with van der Waals surface area (Å²) in [6.07, 6.45) is 3.85. The SMILES string of the molecule is CCCCC(CC)C(=O)OCCOCCOCCF. The number of carbonyl (C=O) groups is 1. The van der Waals surface area contributed by atoms with Crippen LogP contribution in [0.25, 0.3) is 0 Å². The van der Waals surface area contributed by atoms with Gasteiger partial charge in [0.2, 0.25) is 0 Å². The van der Waals surface area contributed by atoms with E-state index < -0.39 is 6.67 Å². The average Bonchev–Trinajstić information content (AvgIpc) is 2.42. The summed E-state index contributed by atoms with van der Waals surface area (Å²) in [5.74, 6) is -0.124. The van der Waals surface area contributed by atoms with Crippen molar-refractivity contribution in [1.29, 1.82) is 0 Å². The lowest BCUT2D eigenvalue weighted by atomic mass is 10.00. The molecule has 0 N–H and O–H groups in total. The van der Waals surface area contributed by atoms with Crippen molar-refractivity contribution in [2.24, 2.45) is 5.92 Å². The van der Waals surface area contributed by atoms with Crippen LogP contribution >= 0.6 is 0 Å². The Morgan fingerprint density at radius 2 is 1.68 bits per heavy atom. The average molecular weight is 278 g/mol. The Morgan fingerprint density at radius 3 is 2.26 bits per heavy atom. The molecule has 0 rings (SSSR count). The highest BCUT2D eigenvalue weighted by Crippen LogP contribution is 2.14. The third-order valence-electron chi connectivity index (χ3n) is 2.80. The highest BCUT2D eigenvalue weighted by molar-refractivity contribution is 5.72. The molecule has 0 fully saturated rings. The van der Waals surface area contributed by atoms with E-state index in [9.17, 15) is 9.18 Å². The van der Waals surface area contributed by atoms with Crippen molar-refractivity contribution < 1.29 is 23.4 Å². The van der Waals surface area contributed by atoms with Crippen LogP contribution in [0.3, 0.4) is 0 Å². The third-order valence-corrected chi connectivity index (χ3v) is 2.80. The molecule has 0 spiro atoms. The van der Waals surface area contributed by atoms with E-state index in [1.807, 2.05) is 6.92 Å². The van der Waals surface area contributed by atoms with Crippen molar-refractivity contribution in [2.45, 2.75) is 39.5 Å². The first-order valence-corrected chi connectivity index (χ1v) is 7.14. The number of unbranched alkanes of at least 4 members (excludes halogenated alkanes) is 1. The molecule has 0 bridgehead atoms. The summed E-state index contributed by atoms with van der Waals surface area (Å²) in [7, 11) is 0. The standard InChI is InChI=1S/C14H27FO4/c1-3-5-6-13(4-2)14(16)19-12-11-18-10-9-17-8-7-15/h13H,3-12H2,1-2H3. The molecule has 0 aromatic heterocycles. The fourth-order valence-electron chi connectivity index (χ4n) is 1.63. The minimum Gasteiger partial charge on any atom is -0.463 e. The van der Waals surface area contributed by atoms with Crippen LogP contribution in [0, 0.1) is 5.92 Å². The Balaban J connectivity index is 3.45. The normalized spacial score (nSPS) is 12.4. The number of esters is 1. The van der Waals surface area contributed by atoms with Gasteiger partial charge in [-0.15, -0.1) is 0 Å². The maximum Gasteiger partial charge on any atom is 0.308 e. The minimum atomic E-state index is -0.478. The predicted molar refractivity (Wildman–Crippen MR) is 71.9 cm³/mol. The van der Waals surface area contributed by atoms with Crippen molar-refractivity contribution in [2.75, 3.05) is 39.7 Å². The number of carbonyl (C=O) groups excluding carboxylic acids is 1. The summed E-state index contributed by atoms with van der Waals surface area (Å²) in [6.45, 7) is 5.12. The van der Waals surface area contributed by atoms with Gasteiger partial charge in [-0.05, 0) is 12.8 Å². The van der Waals surface area contributed by atoms with Crippen LogP contribution in [0.2, 0.25) is 0 Å². The van der Waals surface area contributed by atoms with Gasteiger partial charge in [-0.3, -0.25) is 4.79 Å². The zero-order chi connectivity index (χ0) is 14.3. The number of hydrogen-bond acceptors (Lipinski definition) is 4. The molecular weight excluding hydrogens is 251 g/mol. The molecule has 1 atom stereocenters. The van der Waals surface area contributed by atoms with Crippen LogP contribution < -0.4 is 0 Å². The molecule has 5 heteroatoms. The fraction of sp³-hybridized carbons (Fsp3) is 0.929.